The van der Waals surface area contributed by atoms with Gasteiger partial charge in [-0.25, -0.2) is 9.59 Å². The molecule has 0 unspecified atom stereocenters. The van der Waals surface area contributed by atoms with Gasteiger partial charge in [-0.1, -0.05) is 17.7 Å². The van der Waals surface area contributed by atoms with Crippen LogP contribution in [0, 0.1) is 0 Å². The lowest BCUT2D eigenvalue weighted by molar-refractivity contribution is 0.0696. The quantitative estimate of drug-likeness (QED) is 0.635. The van der Waals surface area contributed by atoms with Crippen LogP contribution in [0.15, 0.2) is 48.8 Å². The van der Waals surface area contributed by atoms with E-state index in [2.05, 4.69) is 20.6 Å². The molecule has 0 atom stereocenters. The van der Waals surface area contributed by atoms with Gasteiger partial charge in [-0.2, -0.15) is 0 Å². The number of aromatic nitrogens is 2. The first-order valence-electron chi connectivity index (χ1n) is 7.76. The minimum atomic E-state index is -1.17. The van der Waals surface area contributed by atoms with Crippen LogP contribution >= 0.6 is 11.6 Å². The van der Waals surface area contributed by atoms with Crippen molar-refractivity contribution in [1.29, 1.82) is 0 Å². The van der Waals surface area contributed by atoms with Crippen LogP contribution in [0.2, 0.25) is 5.02 Å². The largest absolute Gasteiger partial charge is 0.478 e. The zero-order valence-electron chi connectivity index (χ0n) is 13.8. The summed E-state index contributed by atoms with van der Waals surface area (Å²) in [5.74, 6) is -1.76. The van der Waals surface area contributed by atoms with Gasteiger partial charge in [-0.15, -0.1) is 0 Å². The predicted molar refractivity (Wildman–Crippen MR) is 97.7 cm³/mol. The number of carboxylic acid groups (broad SMARTS) is 1. The Bertz CT molecular complexity index is 1050. The fourth-order valence-electron chi connectivity index (χ4n) is 2.35. The summed E-state index contributed by atoms with van der Waals surface area (Å²) in [6.07, 6.45) is 3.05. The van der Waals surface area contributed by atoms with Gasteiger partial charge in [0.05, 0.1) is 21.6 Å². The van der Waals surface area contributed by atoms with E-state index < -0.39 is 17.9 Å². The molecule has 2 aromatic carbocycles. The topological polar surface area (TPSA) is 121 Å². The number of urea groups is 1. The molecule has 0 aliphatic rings. The molecule has 1 heterocycles. The first kappa shape index (κ1) is 18.3. The van der Waals surface area contributed by atoms with E-state index in [0.717, 1.165) is 0 Å². The van der Waals surface area contributed by atoms with E-state index in [1.54, 1.807) is 18.3 Å². The van der Waals surface area contributed by atoms with Gasteiger partial charge in [0, 0.05) is 24.5 Å². The molecule has 0 spiro atoms. The minimum Gasteiger partial charge on any atom is -0.478 e. The van der Waals surface area contributed by atoms with Gasteiger partial charge in [-0.05, 0) is 35.9 Å². The first-order valence-corrected chi connectivity index (χ1v) is 8.13. The second-order valence-electron chi connectivity index (χ2n) is 5.52. The van der Waals surface area contributed by atoms with E-state index in [0.29, 0.717) is 16.6 Å². The lowest BCUT2D eigenvalue weighted by Crippen LogP contribution is -2.39. The summed E-state index contributed by atoms with van der Waals surface area (Å²) in [6, 6.07) is 8.36. The second-order valence-corrected chi connectivity index (χ2v) is 5.92. The number of hydrogen-bond donors (Lipinski definition) is 3. The van der Waals surface area contributed by atoms with E-state index in [4.69, 9.17) is 16.7 Å². The summed E-state index contributed by atoms with van der Waals surface area (Å²) in [7, 11) is 0. The van der Waals surface area contributed by atoms with Crippen LogP contribution < -0.4 is 10.6 Å². The van der Waals surface area contributed by atoms with Crippen LogP contribution in [0.3, 0.4) is 0 Å². The summed E-state index contributed by atoms with van der Waals surface area (Å²) in [4.78, 5) is 43.4. The number of imide groups is 1. The molecular formula is C18H13ClN4O4. The van der Waals surface area contributed by atoms with Crippen molar-refractivity contribution in [2.45, 2.75) is 6.54 Å². The van der Waals surface area contributed by atoms with Crippen molar-refractivity contribution < 1.29 is 19.5 Å². The van der Waals surface area contributed by atoms with Crippen LogP contribution in [0.25, 0.3) is 11.0 Å². The molecule has 9 heteroatoms. The molecule has 0 fully saturated rings. The molecule has 3 amide bonds. The van der Waals surface area contributed by atoms with Gasteiger partial charge in [0.15, 0.2) is 0 Å². The highest BCUT2D eigenvalue weighted by Gasteiger charge is 2.13. The molecule has 8 nitrogen and oxygen atoms in total. The molecule has 0 aliphatic heterocycles. The highest BCUT2D eigenvalue weighted by molar-refractivity contribution is 6.33. The molecule has 0 saturated heterocycles. The average Bonchev–Trinajstić information content (AvgIpc) is 2.66. The van der Waals surface area contributed by atoms with E-state index in [1.807, 2.05) is 0 Å². The van der Waals surface area contributed by atoms with Gasteiger partial charge < -0.3 is 10.4 Å². The maximum Gasteiger partial charge on any atom is 0.337 e. The summed E-state index contributed by atoms with van der Waals surface area (Å²) in [5, 5.41) is 13.8. The Labute approximate surface area is 158 Å². The van der Waals surface area contributed by atoms with Crippen LogP contribution in [0.5, 0.6) is 0 Å². The number of fused-ring (bicyclic) bond motifs is 1. The third kappa shape index (κ3) is 4.36. The number of benzene rings is 2. The van der Waals surface area contributed by atoms with Crippen LogP contribution in [0.4, 0.5) is 4.79 Å². The summed E-state index contributed by atoms with van der Waals surface area (Å²) >= 11 is 5.80. The summed E-state index contributed by atoms with van der Waals surface area (Å²) < 4.78 is 0. The molecule has 136 valence electrons. The van der Waals surface area contributed by atoms with Crippen molar-refractivity contribution >= 4 is 40.5 Å². The highest BCUT2D eigenvalue weighted by Crippen LogP contribution is 2.17. The molecule has 3 aromatic rings. The van der Waals surface area contributed by atoms with E-state index >= 15 is 0 Å². The van der Waals surface area contributed by atoms with Gasteiger partial charge >= 0.3 is 12.0 Å². The fraction of sp³-hybridized carbons (Fsp3) is 0.0556. The monoisotopic (exact) mass is 384 g/mol. The summed E-state index contributed by atoms with van der Waals surface area (Å²) in [5.41, 5.74) is 1.89. The Morgan fingerprint density at radius 1 is 1.00 bits per heavy atom. The number of carboxylic acids is 1. The molecule has 3 rings (SSSR count). The number of carbonyl (C=O) groups is 3. The van der Waals surface area contributed by atoms with Gasteiger partial charge in [-0.3, -0.25) is 20.1 Å². The van der Waals surface area contributed by atoms with Crippen molar-refractivity contribution in [3.05, 3.63) is 70.5 Å². The van der Waals surface area contributed by atoms with Gasteiger partial charge in [0.2, 0.25) is 0 Å². The third-order valence-electron chi connectivity index (χ3n) is 3.67. The molecule has 0 radical (unpaired) electrons. The Kier molecular flexibility index (Phi) is 5.28. The second kappa shape index (κ2) is 7.79. The third-order valence-corrected chi connectivity index (χ3v) is 4.00. The number of amides is 3. The molecule has 27 heavy (non-hydrogen) atoms. The predicted octanol–water partition coefficient (Wildman–Crippen LogP) is 2.62. The number of hydrogen-bond acceptors (Lipinski definition) is 5. The highest BCUT2D eigenvalue weighted by atomic mass is 35.5. The van der Waals surface area contributed by atoms with Crippen LogP contribution in [-0.4, -0.2) is 33.0 Å². The Morgan fingerprint density at radius 3 is 2.48 bits per heavy atom. The maximum absolute atomic E-state index is 12.2. The number of carbonyl (C=O) groups excluding carboxylic acids is 2. The van der Waals surface area contributed by atoms with Gasteiger partial charge in [0.25, 0.3) is 5.91 Å². The van der Waals surface area contributed by atoms with E-state index in [1.165, 1.54) is 30.5 Å². The van der Waals surface area contributed by atoms with Crippen molar-refractivity contribution in [3.63, 3.8) is 0 Å². The van der Waals surface area contributed by atoms with E-state index in [-0.39, 0.29) is 22.7 Å². The molecule has 0 saturated carbocycles. The number of aromatic carboxylic acids is 1. The Balaban J connectivity index is 1.62. The molecule has 0 bridgehead atoms. The first-order chi connectivity index (χ1) is 12.9. The Morgan fingerprint density at radius 2 is 1.74 bits per heavy atom. The zero-order chi connectivity index (χ0) is 19.4. The standard InChI is InChI=1S/C18H13ClN4O4/c19-13-3-1-10(7-12(13)17(25)26)9-22-18(27)23-16(24)11-2-4-14-15(8-11)21-6-5-20-14/h1-8H,9H2,(H,25,26)(H2,22,23,24,27). The maximum atomic E-state index is 12.2. The zero-order valence-corrected chi connectivity index (χ0v) is 14.5. The lowest BCUT2D eigenvalue weighted by Gasteiger charge is -2.08. The fourth-order valence-corrected chi connectivity index (χ4v) is 2.55. The summed E-state index contributed by atoms with van der Waals surface area (Å²) in [6.45, 7) is 0.0275. The number of halogens is 1. The van der Waals surface area contributed by atoms with E-state index in [9.17, 15) is 14.4 Å². The number of rotatable bonds is 4. The van der Waals surface area contributed by atoms with Crippen LogP contribution in [-0.2, 0) is 6.54 Å². The molecule has 1 aromatic heterocycles. The lowest BCUT2D eigenvalue weighted by atomic mass is 10.1. The molecule has 3 N–H and O–H groups in total. The normalized spacial score (nSPS) is 10.4. The minimum absolute atomic E-state index is 0.0275. The average molecular weight is 385 g/mol. The smallest absolute Gasteiger partial charge is 0.337 e. The Hall–Kier alpha value is -3.52. The van der Waals surface area contributed by atoms with Gasteiger partial charge in [0.1, 0.15) is 0 Å². The van der Waals surface area contributed by atoms with Crippen molar-refractivity contribution in [3.8, 4) is 0 Å². The SMILES string of the molecule is O=C(NCc1ccc(Cl)c(C(=O)O)c1)NC(=O)c1ccc2nccnc2c1. The van der Waals surface area contributed by atoms with Crippen molar-refractivity contribution in [2.24, 2.45) is 0 Å². The number of nitrogens with zero attached hydrogens (tertiary/aromatic N) is 2. The number of nitrogens with one attached hydrogen (secondary N) is 2. The molecule has 0 aliphatic carbocycles. The van der Waals surface area contributed by atoms with Crippen molar-refractivity contribution in [1.82, 2.24) is 20.6 Å². The van der Waals surface area contributed by atoms with Crippen LogP contribution in [0.1, 0.15) is 26.3 Å². The molecular weight excluding hydrogens is 372 g/mol. The van der Waals surface area contributed by atoms with Crippen molar-refractivity contribution in [2.75, 3.05) is 0 Å².